The van der Waals surface area contributed by atoms with Gasteiger partial charge in [0.2, 0.25) is 0 Å². The highest BCUT2D eigenvalue weighted by Crippen LogP contribution is 2.39. The van der Waals surface area contributed by atoms with E-state index in [0.717, 1.165) is 15.4 Å². The van der Waals surface area contributed by atoms with Gasteiger partial charge < -0.3 is 5.32 Å². The van der Waals surface area contributed by atoms with Crippen molar-refractivity contribution in [1.82, 2.24) is 5.32 Å². The van der Waals surface area contributed by atoms with Crippen LogP contribution < -0.4 is 5.32 Å². The Labute approximate surface area is 138 Å². The number of hydrogen-bond donors (Lipinski definition) is 1. The molecule has 0 spiro atoms. The minimum absolute atomic E-state index is 0.203. The van der Waals surface area contributed by atoms with Crippen LogP contribution in [0.2, 0.25) is 4.34 Å². The topological polar surface area (TPSA) is 12.0 Å². The molecule has 1 atom stereocenters. The molecule has 108 valence electrons. The lowest BCUT2D eigenvalue weighted by molar-refractivity contribution is 0.633. The maximum atomic E-state index is 6.21. The van der Waals surface area contributed by atoms with Gasteiger partial charge in [-0.2, -0.15) is 0 Å². The van der Waals surface area contributed by atoms with Gasteiger partial charge in [-0.15, -0.1) is 11.3 Å². The van der Waals surface area contributed by atoms with Crippen molar-refractivity contribution in [2.24, 2.45) is 0 Å². The molecule has 0 aliphatic rings. The summed E-state index contributed by atoms with van der Waals surface area (Å²) in [6, 6.07) is 6.82. The van der Waals surface area contributed by atoms with Crippen molar-refractivity contribution < 1.29 is 0 Å². The van der Waals surface area contributed by atoms with Crippen molar-refractivity contribution in [3.05, 3.63) is 54.1 Å². The van der Waals surface area contributed by atoms with E-state index in [-0.39, 0.29) is 6.04 Å². The van der Waals surface area contributed by atoms with Crippen molar-refractivity contribution in [3.63, 3.8) is 0 Å². The number of thiophene rings is 1. The van der Waals surface area contributed by atoms with Crippen molar-refractivity contribution >= 4 is 38.9 Å². The average Bonchev–Trinajstić information content (AvgIpc) is 2.67. The third kappa shape index (κ3) is 3.28. The first-order chi connectivity index (χ1) is 9.43. The number of hydrogen-bond acceptors (Lipinski definition) is 2. The lowest BCUT2D eigenvalue weighted by Crippen LogP contribution is -2.23. The number of aryl methyl sites for hydroxylation is 3. The SMILES string of the molecule is CCNC(c1cc(Br)c(Cl)s1)c1c(C)cc(C)cc1C. The summed E-state index contributed by atoms with van der Waals surface area (Å²) < 4.78 is 1.79. The fourth-order valence-electron chi connectivity index (χ4n) is 2.70. The molecular formula is C16H19BrClNS. The highest BCUT2D eigenvalue weighted by molar-refractivity contribution is 9.10. The van der Waals surface area contributed by atoms with Crippen LogP contribution in [0.15, 0.2) is 22.7 Å². The van der Waals surface area contributed by atoms with E-state index >= 15 is 0 Å². The van der Waals surface area contributed by atoms with Crippen LogP contribution in [0.3, 0.4) is 0 Å². The van der Waals surface area contributed by atoms with E-state index in [1.807, 2.05) is 0 Å². The fourth-order valence-corrected chi connectivity index (χ4v) is 4.52. The van der Waals surface area contributed by atoms with Gasteiger partial charge in [0.05, 0.1) is 6.04 Å². The molecule has 1 heterocycles. The van der Waals surface area contributed by atoms with Crippen LogP contribution >= 0.6 is 38.9 Å². The summed E-state index contributed by atoms with van der Waals surface area (Å²) in [7, 11) is 0. The second-order valence-electron chi connectivity index (χ2n) is 5.07. The minimum Gasteiger partial charge on any atom is -0.306 e. The van der Waals surface area contributed by atoms with E-state index in [2.05, 4.69) is 67.1 Å². The molecular weight excluding hydrogens is 354 g/mol. The Hall–Kier alpha value is -0.350. The van der Waals surface area contributed by atoms with Crippen LogP contribution in [0.25, 0.3) is 0 Å². The molecule has 0 bridgehead atoms. The first-order valence-electron chi connectivity index (χ1n) is 6.69. The van der Waals surface area contributed by atoms with E-state index < -0.39 is 0 Å². The first kappa shape index (κ1) is 16.0. The molecule has 0 amide bonds. The van der Waals surface area contributed by atoms with Crippen LogP contribution in [0.1, 0.15) is 40.1 Å². The molecule has 2 aromatic rings. The van der Waals surface area contributed by atoms with E-state index in [1.54, 1.807) is 11.3 Å². The van der Waals surface area contributed by atoms with Gasteiger partial charge in [0.25, 0.3) is 0 Å². The molecule has 0 aliphatic heterocycles. The molecule has 0 radical (unpaired) electrons. The summed E-state index contributed by atoms with van der Waals surface area (Å²) in [5.74, 6) is 0. The fraction of sp³-hybridized carbons (Fsp3) is 0.375. The molecule has 0 aliphatic carbocycles. The van der Waals surface area contributed by atoms with Gasteiger partial charge in [0, 0.05) is 9.35 Å². The maximum Gasteiger partial charge on any atom is 0.107 e. The van der Waals surface area contributed by atoms with Gasteiger partial charge in [0.15, 0.2) is 0 Å². The number of nitrogens with one attached hydrogen (secondary N) is 1. The van der Waals surface area contributed by atoms with E-state index in [0.29, 0.717) is 0 Å². The summed E-state index contributed by atoms with van der Waals surface area (Å²) in [5.41, 5.74) is 5.33. The molecule has 0 fully saturated rings. The van der Waals surface area contributed by atoms with Gasteiger partial charge in [-0.3, -0.25) is 0 Å². The minimum atomic E-state index is 0.203. The maximum absolute atomic E-state index is 6.21. The van der Waals surface area contributed by atoms with Crippen LogP contribution in [0, 0.1) is 20.8 Å². The van der Waals surface area contributed by atoms with E-state index in [4.69, 9.17) is 11.6 Å². The zero-order chi connectivity index (χ0) is 14.9. The summed E-state index contributed by atoms with van der Waals surface area (Å²) in [4.78, 5) is 1.25. The van der Waals surface area contributed by atoms with E-state index in [9.17, 15) is 0 Å². The van der Waals surface area contributed by atoms with Gasteiger partial charge in [-0.05, 0) is 66.0 Å². The Morgan fingerprint density at radius 2 is 1.80 bits per heavy atom. The monoisotopic (exact) mass is 371 g/mol. The molecule has 1 N–H and O–H groups in total. The number of halogens is 2. The van der Waals surface area contributed by atoms with Crippen LogP contribution in [-0.2, 0) is 0 Å². The second kappa shape index (κ2) is 6.61. The van der Waals surface area contributed by atoms with Crippen molar-refractivity contribution in [3.8, 4) is 0 Å². The largest absolute Gasteiger partial charge is 0.306 e. The van der Waals surface area contributed by atoms with Gasteiger partial charge >= 0.3 is 0 Å². The Balaban J connectivity index is 2.54. The Bertz CT molecular complexity index is 578. The van der Waals surface area contributed by atoms with Crippen LogP contribution in [0.4, 0.5) is 0 Å². The normalized spacial score (nSPS) is 12.7. The quantitative estimate of drug-likeness (QED) is 0.716. The molecule has 1 aromatic heterocycles. The lowest BCUT2D eigenvalue weighted by Gasteiger charge is -2.22. The molecule has 1 unspecified atom stereocenters. The zero-order valence-electron chi connectivity index (χ0n) is 12.2. The van der Waals surface area contributed by atoms with Crippen LogP contribution in [-0.4, -0.2) is 6.54 Å². The third-order valence-electron chi connectivity index (χ3n) is 3.38. The van der Waals surface area contributed by atoms with Crippen molar-refractivity contribution in [2.45, 2.75) is 33.7 Å². The van der Waals surface area contributed by atoms with Gasteiger partial charge in [-0.1, -0.05) is 36.2 Å². The van der Waals surface area contributed by atoms with E-state index in [1.165, 1.54) is 27.1 Å². The third-order valence-corrected chi connectivity index (χ3v) is 5.92. The molecule has 20 heavy (non-hydrogen) atoms. The Morgan fingerprint density at radius 3 is 2.25 bits per heavy atom. The predicted molar refractivity (Wildman–Crippen MR) is 93.2 cm³/mol. The predicted octanol–water partition coefficient (Wildman–Crippen LogP) is 5.79. The summed E-state index contributed by atoms with van der Waals surface area (Å²) in [6.07, 6.45) is 0. The zero-order valence-corrected chi connectivity index (χ0v) is 15.3. The van der Waals surface area contributed by atoms with Gasteiger partial charge in [0.1, 0.15) is 4.34 Å². The van der Waals surface area contributed by atoms with Crippen LogP contribution in [0.5, 0.6) is 0 Å². The lowest BCUT2D eigenvalue weighted by atomic mass is 9.93. The number of rotatable bonds is 4. The molecule has 0 saturated carbocycles. The summed E-state index contributed by atoms with van der Waals surface area (Å²) in [5, 5.41) is 3.59. The molecule has 1 aromatic carbocycles. The molecule has 0 saturated heterocycles. The number of benzene rings is 1. The van der Waals surface area contributed by atoms with Crippen molar-refractivity contribution in [1.29, 1.82) is 0 Å². The Morgan fingerprint density at radius 1 is 1.20 bits per heavy atom. The van der Waals surface area contributed by atoms with Gasteiger partial charge in [-0.25, -0.2) is 0 Å². The highest BCUT2D eigenvalue weighted by atomic mass is 79.9. The molecule has 1 nitrogen and oxygen atoms in total. The molecule has 4 heteroatoms. The standard InChI is InChI=1S/C16H19BrClNS/c1-5-19-15(13-8-12(17)16(18)20-13)14-10(3)6-9(2)7-11(14)4/h6-8,15,19H,5H2,1-4H3. The average molecular weight is 373 g/mol. The first-order valence-corrected chi connectivity index (χ1v) is 8.68. The summed E-state index contributed by atoms with van der Waals surface area (Å²) in [6.45, 7) is 9.57. The molecule has 2 rings (SSSR count). The van der Waals surface area contributed by atoms with Crippen molar-refractivity contribution in [2.75, 3.05) is 6.54 Å². The Kier molecular flexibility index (Phi) is 5.30. The smallest absolute Gasteiger partial charge is 0.107 e. The second-order valence-corrected chi connectivity index (χ2v) is 7.61. The summed E-state index contributed by atoms with van der Waals surface area (Å²) >= 11 is 11.4. The highest BCUT2D eigenvalue weighted by Gasteiger charge is 2.20.